The molecule has 2 heterocycles. The standard InChI is InChI=1S/C19H13N5O2/c1-11-19(25)24(2)16-8-7-14(9-15(16)21-11)17-22-18(26-23-17)13-5-3-12(10-20)4-6-13/h3-9H,1-2H3. The zero-order chi connectivity index (χ0) is 18.3. The van der Waals surface area contributed by atoms with Crippen molar-refractivity contribution in [2.45, 2.75) is 6.92 Å². The van der Waals surface area contributed by atoms with Gasteiger partial charge in [-0.25, -0.2) is 4.98 Å². The second-order valence-corrected chi connectivity index (χ2v) is 5.88. The molecular weight excluding hydrogens is 330 g/mol. The van der Waals surface area contributed by atoms with E-state index in [4.69, 9.17) is 9.78 Å². The second kappa shape index (κ2) is 5.93. The van der Waals surface area contributed by atoms with Crippen LogP contribution in [0.2, 0.25) is 0 Å². The van der Waals surface area contributed by atoms with Crippen LogP contribution in [-0.4, -0.2) is 19.7 Å². The molecular formula is C19H13N5O2. The summed E-state index contributed by atoms with van der Waals surface area (Å²) in [5.41, 5.74) is 3.78. The molecule has 4 rings (SSSR count). The van der Waals surface area contributed by atoms with E-state index in [1.54, 1.807) is 42.8 Å². The SMILES string of the molecule is Cc1nc2cc(-c3noc(-c4ccc(C#N)cc4)n3)ccc2n(C)c1=O. The summed E-state index contributed by atoms with van der Waals surface area (Å²) in [7, 11) is 1.72. The second-order valence-electron chi connectivity index (χ2n) is 5.88. The molecule has 0 radical (unpaired) electrons. The summed E-state index contributed by atoms with van der Waals surface area (Å²) in [4.78, 5) is 20.8. The van der Waals surface area contributed by atoms with Crippen molar-refractivity contribution in [3.05, 3.63) is 64.1 Å². The molecule has 2 aromatic carbocycles. The molecule has 2 aromatic heterocycles. The molecule has 0 fully saturated rings. The third kappa shape index (κ3) is 2.54. The number of fused-ring (bicyclic) bond motifs is 1. The summed E-state index contributed by atoms with van der Waals surface area (Å²) in [6, 6.07) is 14.5. The van der Waals surface area contributed by atoms with Crippen molar-refractivity contribution in [1.29, 1.82) is 5.26 Å². The molecule has 4 aromatic rings. The number of aryl methyl sites for hydroxylation is 2. The van der Waals surface area contributed by atoms with E-state index in [0.29, 0.717) is 28.5 Å². The van der Waals surface area contributed by atoms with Crippen LogP contribution in [0.15, 0.2) is 51.8 Å². The Morgan fingerprint density at radius 2 is 1.81 bits per heavy atom. The van der Waals surface area contributed by atoms with E-state index in [2.05, 4.69) is 21.2 Å². The van der Waals surface area contributed by atoms with Crippen LogP contribution in [0.5, 0.6) is 0 Å². The molecule has 0 bridgehead atoms. The van der Waals surface area contributed by atoms with Gasteiger partial charge in [-0.15, -0.1) is 0 Å². The monoisotopic (exact) mass is 343 g/mol. The Morgan fingerprint density at radius 1 is 1.08 bits per heavy atom. The van der Waals surface area contributed by atoms with Crippen molar-refractivity contribution >= 4 is 11.0 Å². The molecule has 0 aliphatic carbocycles. The van der Waals surface area contributed by atoms with Crippen LogP contribution in [0.1, 0.15) is 11.3 Å². The van der Waals surface area contributed by atoms with Crippen LogP contribution in [0.25, 0.3) is 33.9 Å². The molecule has 0 aliphatic rings. The molecule has 126 valence electrons. The Kier molecular flexibility index (Phi) is 3.59. The Bertz CT molecular complexity index is 1230. The molecule has 26 heavy (non-hydrogen) atoms. The lowest BCUT2D eigenvalue weighted by molar-refractivity contribution is 0.432. The number of rotatable bonds is 2. The number of nitrogens with zero attached hydrogens (tertiary/aromatic N) is 5. The minimum Gasteiger partial charge on any atom is -0.334 e. The molecule has 7 nitrogen and oxygen atoms in total. The average molecular weight is 343 g/mol. The Labute approximate surface area is 148 Å². The minimum atomic E-state index is -0.118. The lowest BCUT2D eigenvalue weighted by Crippen LogP contribution is -2.20. The van der Waals surface area contributed by atoms with Crippen LogP contribution in [0.4, 0.5) is 0 Å². The van der Waals surface area contributed by atoms with E-state index in [-0.39, 0.29) is 5.56 Å². The summed E-state index contributed by atoms with van der Waals surface area (Å²) in [5, 5.41) is 12.9. The largest absolute Gasteiger partial charge is 0.334 e. The Balaban J connectivity index is 1.76. The lowest BCUT2D eigenvalue weighted by atomic mass is 10.1. The van der Waals surface area contributed by atoms with Crippen LogP contribution in [0, 0.1) is 18.3 Å². The number of hydrogen-bond donors (Lipinski definition) is 0. The van der Waals surface area contributed by atoms with E-state index in [9.17, 15) is 4.79 Å². The quantitative estimate of drug-likeness (QED) is 0.555. The van der Waals surface area contributed by atoms with Crippen molar-refractivity contribution in [1.82, 2.24) is 19.7 Å². The number of aromatic nitrogens is 4. The van der Waals surface area contributed by atoms with Crippen LogP contribution in [0.3, 0.4) is 0 Å². The predicted molar refractivity (Wildman–Crippen MR) is 95.2 cm³/mol. The fraction of sp³-hybridized carbons (Fsp3) is 0.105. The van der Waals surface area contributed by atoms with Crippen molar-refractivity contribution in [2.24, 2.45) is 7.05 Å². The maximum atomic E-state index is 12.0. The zero-order valence-electron chi connectivity index (χ0n) is 14.1. The van der Waals surface area contributed by atoms with Gasteiger partial charge in [-0.1, -0.05) is 5.16 Å². The maximum absolute atomic E-state index is 12.0. The topological polar surface area (TPSA) is 97.6 Å². The average Bonchev–Trinajstić information content (AvgIpc) is 3.16. The fourth-order valence-electron chi connectivity index (χ4n) is 2.76. The number of hydrogen-bond acceptors (Lipinski definition) is 6. The summed E-state index contributed by atoms with van der Waals surface area (Å²) >= 11 is 0. The molecule has 0 spiro atoms. The van der Waals surface area contributed by atoms with Gasteiger partial charge in [0.2, 0.25) is 5.82 Å². The third-order valence-corrected chi connectivity index (χ3v) is 4.18. The smallest absolute Gasteiger partial charge is 0.272 e. The maximum Gasteiger partial charge on any atom is 0.272 e. The molecule has 0 N–H and O–H groups in total. The predicted octanol–water partition coefficient (Wildman–Crippen LogP) is 2.83. The third-order valence-electron chi connectivity index (χ3n) is 4.18. The van der Waals surface area contributed by atoms with Gasteiger partial charge in [0.05, 0.1) is 22.7 Å². The van der Waals surface area contributed by atoms with Crippen LogP contribution >= 0.6 is 0 Å². The van der Waals surface area contributed by atoms with Crippen LogP contribution < -0.4 is 5.56 Å². The number of benzene rings is 2. The molecule has 0 saturated heterocycles. The van der Waals surface area contributed by atoms with Gasteiger partial charge in [0.1, 0.15) is 5.69 Å². The molecule has 0 atom stereocenters. The highest BCUT2D eigenvalue weighted by Crippen LogP contribution is 2.24. The first-order chi connectivity index (χ1) is 12.6. The lowest BCUT2D eigenvalue weighted by Gasteiger charge is -2.06. The van der Waals surface area contributed by atoms with Gasteiger partial charge in [0.25, 0.3) is 11.4 Å². The molecule has 7 heteroatoms. The van der Waals surface area contributed by atoms with E-state index in [1.165, 1.54) is 0 Å². The summed E-state index contributed by atoms with van der Waals surface area (Å²) in [5.74, 6) is 0.800. The molecule has 0 saturated carbocycles. The summed E-state index contributed by atoms with van der Waals surface area (Å²) < 4.78 is 6.91. The van der Waals surface area contributed by atoms with Gasteiger partial charge < -0.3 is 9.09 Å². The van der Waals surface area contributed by atoms with E-state index in [0.717, 1.165) is 16.6 Å². The van der Waals surface area contributed by atoms with E-state index < -0.39 is 0 Å². The Hall–Kier alpha value is -3.79. The first-order valence-electron chi connectivity index (χ1n) is 7.89. The molecule has 0 amide bonds. The van der Waals surface area contributed by atoms with E-state index >= 15 is 0 Å². The van der Waals surface area contributed by atoms with Gasteiger partial charge in [-0.05, 0) is 49.4 Å². The highest BCUT2D eigenvalue weighted by Gasteiger charge is 2.13. The fourth-order valence-corrected chi connectivity index (χ4v) is 2.76. The normalized spacial score (nSPS) is 10.8. The molecule has 0 unspecified atom stereocenters. The first-order valence-corrected chi connectivity index (χ1v) is 7.89. The summed E-state index contributed by atoms with van der Waals surface area (Å²) in [6.45, 7) is 1.69. The van der Waals surface area contributed by atoms with Gasteiger partial charge in [0.15, 0.2) is 0 Å². The highest BCUT2D eigenvalue weighted by atomic mass is 16.5. The van der Waals surface area contributed by atoms with Crippen molar-refractivity contribution < 1.29 is 4.52 Å². The zero-order valence-corrected chi connectivity index (χ0v) is 14.1. The van der Waals surface area contributed by atoms with Gasteiger partial charge in [-0.3, -0.25) is 4.79 Å². The van der Waals surface area contributed by atoms with Crippen molar-refractivity contribution in [2.75, 3.05) is 0 Å². The van der Waals surface area contributed by atoms with Gasteiger partial charge >= 0.3 is 0 Å². The number of nitriles is 1. The molecule has 0 aliphatic heterocycles. The first kappa shape index (κ1) is 15.7. The highest BCUT2D eigenvalue weighted by molar-refractivity contribution is 5.80. The summed E-state index contributed by atoms with van der Waals surface area (Å²) in [6.07, 6.45) is 0. The van der Waals surface area contributed by atoms with Gasteiger partial charge in [0, 0.05) is 18.2 Å². The van der Waals surface area contributed by atoms with Crippen LogP contribution in [-0.2, 0) is 7.05 Å². The minimum absolute atomic E-state index is 0.118. The van der Waals surface area contributed by atoms with Crippen molar-refractivity contribution in [3.63, 3.8) is 0 Å². The Morgan fingerprint density at radius 3 is 2.54 bits per heavy atom. The van der Waals surface area contributed by atoms with Crippen molar-refractivity contribution in [3.8, 4) is 28.9 Å². The van der Waals surface area contributed by atoms with Gasteiger partial charge in [-0.2, -0.15) is 10.2 Å². The van der Waals surface area contributed by atoms with E-state index in [1.807, 2.05) is 18.2 Å².